The van der Waals surface area contributed by atoms with E-state index in [1.165, 1.54) is 0 Å². The maximum absolute atomic E-state index is 12.7. The summed E-state index contributed by atoms with van der Waals surface area (Å²) in [7, 11) is 0. The molecule has 4 aliphatic heterocycles. The number of esters is 1. The van der Waals surface area contributed by atoms with Crippen LogP contribution in [0.2, 0.25) is 0 Å². The van der Waals surface area contributed by atoms with Crippen LogP contribution in [0.1, 0.15) is 30.1 Å². The Balaban J connectivity index is 1.32. The first-order chi connectivity index (χ1) is 16.1. The van der Waals surface area contributed by atoms with Gasteiger partial charge in [0.2, 0.25) is 0 Å². The van der Waals surface area contributed by atoms with Crippen LogP contribution < -0.4 is 0 Å². The smallest absolute Gasteiger partial charge is 0.338 e. The Morgan fingerprint density at radius 1 is 1.12 bits per heavy atom. The third-order valence-corrected chi connectivity index (χ3v) is 8.57. The van der Waals surface area contributed by atoms with E-state index in [0.717, 1.165) is 0 Å². The average Bonchev–Trinajstić information content (AvgIpc) is 3.00. The van der Waals surface area contributed by atoms with E-state index < -0.39 is 77.9 Å². The first kappa shape index (κ1) is 22.8. The molecule has 186 valence electrons. The largest absolute Gasteiger partial charge is 0.461 e. The Hall–Kier alpha value is -1.67. The lowest BCUT2D eigenvalue weighted by Gasteiger charge is -2.67. The summed E-state index contributed by atoms with van der Waals surface area (Å²) < 4.78 is 29.7. The lowest BCUT2D eigenvalue weighted by molar-refractivity contribution is -0.424. The Labute approximate surface area is 194 Å². The number of aliphatic hydroxyl groups excluding tert-OH is 4. The second-order valence-corrected chi connectivity index (χ2v) is 10.2. The van der Waals surface area contributed by atoms with Gasteiger partial charge in [0, 0.05) is 12.3 Å². The van der Waals surface area contributed by atoms with E-state index in [1.807, 2.05) is 0 Å². The zero-order valence-electron chi connectivity index (χ0n) is 18.4. The molecule has 5 N–H and O–H groups in total. The molecule has 7 aliphatic rings. The normalized spacial score (nSPS) is 52.5. The zero-order valence-corrected chi connectivity index (χ0v) is 18.4. The third kappa shape index (κ3) is 2.59. The van der Waals surface area contributed by atoms with Crippen LogP contribution >= 0.6 is 0 Å². The molecule has 34 heavy (non-hydrogen) atoms. The van der Waals surface area contributed by atoms with Crippen molar-refractivity contribution in [2.75, 3.05) is 13.2 Å². The quantitative estimate of drug-likeness (QED) is 0.306. The van der Waals surface area contributed by atoms with Gasteiger partial charge in [-0.15, -0.1) is 0 Å². The predicted octanol–water partition coefficient (Wildman–Crippen LogP) is -1.36. The fourth-order valence-electron chi connectivity index (χ4n) is 6.87. The lowest BCUT2D eigenvalue weighted by Crippen LogP contribution is -2.80. The number of hydrogen-bond acceptors (Lipinski definition) is 11. The first-order valence-electron chi connectivity index (χ1n) is 11.4. The predicted molar refractivity (Wildman–Crippen MR) is 109 cm³/mol. The highest BCUT2D eigenvalue weighted by Gasteiger charge is 2.94. The minimum Gasteiger partial charge on any atom is -0.461 e. The first-order valence-corrected chi connectivity index (χ1v) is 11.4. The molecule has 0 amide bonds. The van der Waals surface area contributed by atoms with Crippen LogP contribution in [0.25, 0.3) is 0 Å². The van der Waals surface area contributed by atoms with Crippen molar-refractivity contribution in [2.45, 2.75) is 73.8 Å². The van der Waals surface area contributed by atoms with Crippen molar-refractivity contribution in [1.29, 1.82) is 0 Å². The van der Waals surface area contributed by atoms with Gasteiger partial charge in [0.15, 0.2) is 18.4 Å². The number of rotatable bonds is 6. The van der Waals surface area contributed by atoms with Gasteiger partial charge in [0.1, 0.15) is 42.2 Å². The second kappa shape index (κ2) is 7.19. The number of ether oxygens (including phenoxy) is 5. The molecule has 1 aromatic rings. The molecule has 8 unspecified atom stereocenters. The molecule has 4 saturated heterocycles. The summed E-state index contributed by atoms with van der Waals surface area (Å²) >= 11 is 0. The molecule has 11 heteroatoms. The van der Waals surface area contributed by atoms with Crippen LogP contribution in [-0.2, 0) is 23.7 Å². The molecule has 3 saturated carbocycles. The van der Waals surface area contributed by atoms with E-state index in [0.29, 0.717) is 5.56 Å². The summed E-state index contributed by atoms with van der Waals surface area (Å²) in [5.41, 5.74) is -2.99. The van der Waals surface area contributed by atoms with Gasteiger partial charge >= 0.3 is 5.97 Å². The maximum atomic E-state index is 12.7. The van der Waals surface area contributed by atoms with E-state index >= 15 is 0 Å². The summed E-state index contributed by atoms with van der Waals surface area (Å²) in [6.07, 6.45) is -7.87. The van der Waals surface area contributed by atoms with Gasteiger partial charge in [-0.1, -0.05) is 18.2 Å². The highest BCUT2D eigenvalue weighted by molar-refractivity contribution is 5.89. The molecule has 11 atom stereocenters. The molecule has 8 rings (SSSR count). The van der Waals surface area contributed by atoms with E-state index in [1.54, 1.807) is 37.3 Å². The van der Waals surface area contributed by atoms with Crippen molar-refractivity contribution in [3.05, 3.63) is 35.9 Å². The molecule has 0 spiro atoms. The topological polar surface area (TPSA) is 164 Å². The van der Waals surface area contributed by atoms with Crippen molar-refractivity contribution in [3.8, 4) is 0 Å². The molecular formula is C23H28O11. The lowest BCUT2D eigenvalue weighted by atomic mass is 9.41. The Morgan fingerprint density at radius 3 is 2.56 bits per heavy atom. The SMILES string of the molecule is CC12C[C@@]3(O)O[C@H](O1)C1(COC(=O)c4ccccc4)[C@@H]3CC21OC1OC(CO)C(O)C(O)C1O. The number of benzene rings is 1. The van der Waals surface area contributed by atoms with Gasteiger partial charge in [0.25, 0.3) is 0 Å². The van der Waals surface area contributed by atoms with Crippen LogP contribution in [-0.4, -0.2) is 98.7 Å². The van der Waals surface area contributed by atoms with Gasteiger partial charge in [-0.25, -0.2) is 4.79 Å². The van der Waals surface area contributed by atoms with Crippen molar-refractivity contribution in [1.82, 2.24) is 0 Å². The fraction of sp³-hybridized carbons (Fsp3) is 0.696. The van der Waals surface area contributed by atoms with Gasteiger partial charge in [-0.05, 0) is 25.5 Å². The second-order valence-electron chi connectivity index (χ2n) is 10.2. The monoisotopic (exact) mass is 480 g/mol. The highest BCUT2D eigenvalue weighted by Crippen LogP contribution is 2.81. The Bertz CT molecular complexity index is 988. The molecule has 6 bridgehead atoms. The summed E-state index contributed by atoms with van der Waals surface area (Å²) in [5, 5.41) is 51.7. The van der Waals surface area contributed by atoms with Crippen LogP contribution in [0.5, 0.6) is 0 Å². The summed E-state index contributed by atoms with van der Waals surface area (Å²) in [6.45, 7) is 0.985. The van der Waals surface area contributed by atoms with E-state index in [4.69, 9.17) is 23.7 Å². The molecule has 0 aromatic heterocycles. The van der Waals surface area contributed by atoms with E-state index in [9.17, 15) is 30.3 Å². The van der Waals surface area contributed by atoms with Crippen molar-refractivity contribution >= 4 is 5.97 Å². The minimum absolute atomic E-state index is 0.0902. The number of carbonyl (C=O) groups excluding carboxylic acids is 1. The highest BCUT2D eigenvalue weighted by atomic mass is 16.8. The average molecular weight is 480 g/mol. The summed E-state index contributed by atoms with van der Waals surface area (Å²) in [5.74, 6) is -2.49. The van der Waals surface area contributed by atoms with Gasteiger partial charge in [-0.2, -0.15) is 0 Å². The standard InChI is InChI=1S/C23H28O11/c1-20-9-22(29)13-7-23(20,32-18-16(27)15(26)14(25)12(8-24)31-18)21(13,19(33-20)34-22)10-30-17(28)11-5-3-2-4-6-11/h2-6,12-16,18-19,24-27,29H,7-10H2,1H3/t12?,13-,14?,15?,16?,18?,19-,20?,21?,22+,23?/m0/s1. The molecule has 0 radical (unpaired) electrons. The number of carbonyl (C=O) groups is 1. The van der Waals surface area contributed by atoms with E-state index in [2.05, 4.69) is 0 Å². The molecular weight excluding hydrogens is 452 g/mol. The zero-order chi connectivity index (χ0) is 24.1. The van der Waals surface area contributed by atoms with Gasteiger partial charge in [-0.3, -0.25) is 0 Å². The van der Waals surface area contributed by atoms with E-state index in [-0.39, 0.29) is 19.4 Å². The van der Waals surface area contributed by atoms with Gasteiger partial charge < -0.3 is 49.2 Å². The van der Waals surface area contributed by atoms with Crippen LogP contribution in [0.15, 0.2) is 30.3 Å². The molecule has 11 nitrogen and oxygen atoms in total. The van der Waals surface area contributed by atoms with Crippen LogP contribution in [0, 0.1) is 11.3 Å². The van der Waals surface area contributed by atoms with Crippen LogP contribution in [0.3, 0.4) is 0 Å². The molecule has 3 aliphatic carbocycles. The van der Waals surface area contributed by atoms with Crippen molar-refractivity contribution in [3.63, 3.8) is 0 Å². The summed E-state index contributed by atoms with van der Waals surface area (Å²) in [6, 6.07) is 8.47. The molecule has 1 aromatic carbocycles. The van der Waals surface area contributed by atoms with Gasteiger partial charge in [0.05, 0.1) is 17.6 Å². The van der Waals surface area contributed by atoms with Crippen LogP contribution in [0.4, 0.5) is 0 Å². The molecule has 7 fully saturated rings. The minimum atomic E-state index is -1.61. The summed E-state index contributed by atoms with van der Waals surface area (Å²) in [4.78, 5) is 12.7. The maximum Gasteiger partial charge on any atom is 0.338 e. The van der Waals surface area contributed by atoms with Crippen molar-refractivity contribution in [2.24, 2.45) is 11.3 Å². The molecule has 4 heterocycles. The van der Waals surface area contributed by atoms with Crippen molar-refractivity contribution < 1.29 is 54.0 Å². The fourth-order valence-corrected chi connectivity index (χ4v) is 6.87. The number of aliphatic hydroxyl groups is 5. The third-order valence-electron chi connectivity index (χ3n) is 8.57. The Morgan fingerprint density at radius 2 is 1.85 bits per heavy atom. The number of hydrogen-bond donors (Lipinski definition) is 5. The Kier molecular flexibility index (Phi) is 4.81.